The van der Waals surface area contributed by atoms with Gasteiger partial charge in [-0.05, 0) is 38.0 Å². The SMILES string of the molecule is CCC1(C)N=C(c2cc(Cl)c(C)c(Cl)c2)OC1C=O. The minimum atomic E-state index is -0.564. The second kappa shape index (κ2) is 5.14. The van der Waals surface area contributed by atoms with Gasteiger partial charge in [-0.3, -0.25) is 4.79 Å². The lowest BCUT2D eigenvalue weighted by atomic mass is 9.94. The molecule has 2 atom stereocenters. The lowest BCUT2D eigenvalue weighted by Crippen LogP contribution is -2.35. The minimum Gasteiger partial charge on any atom is -0.464 e. The third kappa shape index (κ3) is 2.49. The molecule has 0 spiro atoms. The van der Waals surface area contributed by atoms with E-state index in [1.807, 2.05) is 20.8 Å². The topological polar surface area (TPSA) is 38.7 Å². The lowest BCUT2D eigenvalue weighted by molar-refractivity contribution is -0.115. The second-order valence-corrected chi connectivity index (χ2v) is 5.68. The molecule has 0 saturated heterocycles. The van der Waals surface area contributed by atoms with Gasteiger partial charge in [0.25, 0.3) is 0 Å². The molecule has 3 nitrogen and oxygen atoms in total. The van der Waals surface area contributed by atoms with E-state index in [1.165, 1.54) is 0 Å². The number of aliphatic imine (C=N–C) groups is 1. The second-order valence-electron chi connectivity index (χ2n) is 4.87. The van der Waals surface area contributed by atoms with Crippen molar-refractivity contribution in [2.24, 2.45) is 4.99 Å². The maximum Gasteiger partial charge on any atom is 0.217 e. The molecule has 1 aliphatic rings. The van der Waals surface area contributed by atoms with Gasteiger partial charge in [-0.1, -0.05) is 30.1 Å². The Balaban J connectivity index is 2.44. The van der Waals surface area contributed by atoms with E-state index in [2.05, 4.69) is 4.99 Å². The minimum absolute atomic E-state index is 0.422. The van der Waals surface area contributed by atoms with Crippen LogP contribution >= 0.6 is 23.2 Å². The Hall–Kier alpha value is -1.06. The third-order valence-corrected chi connectivity index (χ3v) is 4.36. The smallest absolute Gasteiger partial charge is 0.217 e. The number of nitrogens with zero attached hydrogens (tertiary/aromatic N) is 1. The van der Waals surface area contributed by atoms with Crippen molar-refractivity contribution in [1.29, 1.82) is 0 Å². The monoisotopic (exact) mass is 299 g/mol. The van der Waals surface area contributed by atoms with Crippen LogP contribution in [0.4, 0.5) is 0 Å². The fourth-order valence-electron chi connectivity index (χ4n) is 1.93. The molecular weight excluding hydrogens is 285 g/mol. The molecule has 0 amide bonds. The van der Waals surface area contributed by atoms with Crippen molar-refractivity contribution in [3.63, 3.8) is 0 Å². The van der Waals surface area contributed by atoms with Crippen LogP contribution in [0.5, 0.6) is 0 Å². The molecule has 5 heteroatoms. The van der Waals surface area contributed by atoms with E-state index in [0.29, 0.717) is 27.9 Å². The van der Waals surface area contributed by atoms with Crippen LogP contribution in [0.2, 0.25) is 10.0 Å². The van der Waals surface area contributed by atoms with Crippen molar-refractivity contribution in [1.82, 2.24) is 0 Å². The molecule has 0 fully saturated rings. The fourth-order valence-corrected chi connectivity index (χ4v) is 2.41. The number of aldehydes is 1. The average molecular weight is 300 g/mol. The predicted octanol–water partition coefficient (Wildman–Crippen LogP) is 3.81. The van der Waals surface area contributed by atoms with Crippen LogP contribution in [0.1, 0.15) is 31.4 Å². The molecule has 19 heavy (non-hydrogen) atoms. The van der Waals surface area contributed by atoms with Gasteiger partial charge in [-0.15, -0.1) is 0 Å². The summed E-state index contributed by atoms with van der Waals surface area (Å²) in [4.78, 5) is 15.6. The van der Waals surface area contributed by atoms with Gasteiger partial charge in [0.2, 0.25) is 5.90 Å². The number of rotatable bonds is 3. The van der Waals surface area contributed by atoms with Crippen LogP contribution in [0.15, 0.2) is 17.1 Å². The highest BCUT2D eigenvalue weighted by Gasteiger charge is 2.41. The zero-order valence-corrected chi connectivity index (χ0v) is 12.5. The first kappa shape index (κ1) is 14.4. The Labute approximate surface area is 122 Å². The summed E-state index contributed by atoms with van der Waals surface area (Å²) in [6.45, 7) is 5.72. The summed E-state index contributed by atoms with van der Waals surface area (Å²) in [6.07, 6.45) is 0.941. The van der Waals surface area contributed by atoms with E-state index >= 15 is 0 Å². The first-order valence-corrected chi connectivity index (χ1v) is 6.84. The molecule has 0 aromatic heterocycles. The number of ether oxygens (including phenoxy) is 1. The summed E-state index contributed by atoms with van der Waals surface area (Å²) in [5, 5.41) is 1.11. The molecule has 1 aromatic carbocycles. The normalized spacial score (nSPS) is 25.9. The molecule has 0 saturated carbocycles. The molecule has 1 aromatic rings. The fraction of sp³-hybridized carbons (Fsp3) is 0.429. The summed E-state index contributed by atoms with van der Waals surface area (Å²) >= 11 is 12.2. The molecule has 2 rings (SSSR count). The first-order valence-electron chi connectivity index (χ1n) is 6.09. The summed E-state index contributed by atoms with van der Waals surface area (Å²) < 4.78 is 5.62. The molecule has 1 heterocycles. The van der Waals surface area contributed by atoms with Gasteiger partial charge in [-0.25, -0.2) is 4.99 Å². The number of carbonyl (C=O) groups is 1. The van der Waals surface area contributed by atoms with Crippen molar-refractivity contribution < 1.29 is 9.53 Å². The molecule has 0 N–H and O–H groups in total. The van der Waals surface area contributed by atoms with E-state index in [9.17, 15) is 4.79 Å². The summed E-state index contributed by atoms with van der Waals surface area (Å²) in [5.74, 6) is 0.422. The van der Waals surface area contributed by atoms with Crippen molar-refractivity contribution in [2.45, 2.75) is 38.8 Å². The van der Waals surface area contributed by atoms with Crippen LogP contribution < -0.4 is 0 Å². The lowest BCUT2D eigenvalue weighted by Gasteiger charge is -2.20. The van der Waals surface area contributed by atoms with Crippen molar-refractivity contribution in [3.8, 4) is 0 Å². The number of hydrogen-bond acceptors (Lipinski definition) is 3. The largest absolute Gasteiger partial charge is 0.464 e. The standard InChI is InChI=1S/C14H15Cl2NO2/c1-4-14(3)12(7-18)19-13(17-14)9-5-10(15)8(2)11(16)6-9/h5-7,12H,4H2,1-3H3. The Morgan fingerprint density at radius 1 is 1.42 bits per heavy atom. The summed E-state index contributed by atoms with van der Waals surface area (Å²) in [7, 11) is 0. The molecule has 1 aliphatic heterocycles. The zero-order chi connectivity index (χ0) is 14.2. The van der Waals surface area contributed by atoms with Crippen LogP contribution in [0.25, 0.3) is 0 Å². The van der Waals surface area contributed by atoms with E-state index in [-0.39, 0.29) is 0 Å². The van der Waals surface area contributed by atoms with E-state index in [4.69, 9.17) is 27.9 Å². The van der Waals surface area contributed by atoms with Crippen LogP contribution in [-0.2, 0) is 9.53 Å². The van der Waals surface area contributed by atoms with Gasteiger partial charge in [-0.2, -0.15) is 0 Å². The van der Waals surface area contributed by atoms with Gasteiger partial charge in [0.15, 0.2) is 12.4 Å². The van der Waals surface area contributed by atoms with Crippen LogP contribution in [0, 0.1) is 6.92 Å². The zero-order valence-electron chi connectivity index (χ0n) is 11.0. The maximum absolute atomic E-state index is 11.1. The maximum atomic E-state index is 11.1. The molecule has 2 unspecified atom stereocenters. The van der Waals surface area contributed by atoms with Gasteiger partial charge in [0.1, 0.15) is 5.54 Å². The molecular formula is C14H15Cl2NO2. The number of hydrogen-bond donors (Lipinski definition) is 0. The Bertz CT molecular complexity index is 533. The Morgan fingerprint density at radius 3 is 2.42 bits per heavy atom. The summed E-state index contributed by atoms with van der Waals surface area (Å²) in [6, 6.07) is 3.51. The Kier molecular flexibility index (Phi) is 3.88. The van der Waals surface area contributed by atoms with E-state index in [1.54, 1.807) is 12.1 Å². The number of carbonyl (C=O) groups excluding carboxylic acids is 1. The average Bonchev–Trinajstić information content (AvgIpc) is 2.73. The number of benzene rings is 1. The third-order valence-electron chi connectivity index (χ3n) is 3.58. The molecule has 0 bridgehead atoms. The molecule has 0 radical (unpaired) electrons. The molecule has 0 aliphatic carbocycles. The highest BCUT2D eigenvalue weighted by atomic mass is 35.5. The quantitative estimate of drug-likeness (QED) is 0.796. The van der Waals surface area contributed by atoms with Crippen LogP contribution in [-0.4, -0.2) is 23.8 Å². The van der Waals surface area contributed by atoms with Crippen molar-refractivity contribution in [2.75, 3.05) is 0 Å². The van der Waals surface area contributed by atoms with Crippen molar-refractivity contribution in [3.05, 3.63) is 33.3 Å². The van der Waals surface area contributed by atoms with Gasteiger partial charge in [0.05, 0.1) is 0 Å². The Morgan fingerprint density at radius 2 is 2.00 bits per heavy atom. The predicted molar refractivity (Wildman–Crippen MR) is 77.4 cm³/mol. The van der Waals surface area contributed by atoms with Gasteiger partial charge < -0.3 is 4.74 Å². The highest BCUT2D eigenvalue weighted by Crippen LogP contribution is 2.32. The van der Waals surface area contributed by atoms with E-state index < -0.39 is 11.6 Å². The van der Waals surface area contributed by atoms with E-state index in [0.717, 1.165) is 11.8 Å². The first-order chi connectivity index (χ1) is 8.91. The van der Waals surface area contributed by atoms with Crippen molar-refractivity contribution >= 4 is 35.4 Å². The highest BCUT2D eigenvalue weighted by molar-refractivity contribution is 6.36. The van der Waals surface area contributed by atoms with Gasteiger partial charge in [0, 0.05) is 15.6 Å². The molecule has 102 valence electrons. The number of halogens is 2. The van der Waals surface area contributed by atoms with Crippen LogP contribution in [0.3, 0.4) is 0 Å². The van der Waals surface area contributed by atoms with Gasteiger partial charge >= 0.3 is 0 Å². The summed E-state index contributed by atoms with van der Waals surface area (Å²) in [5.41, 5.74) is 0.987.